The number of aryl methyl sites for hydroxylation is 1. The number of piperidine rings is 1. The second-order valence-electron chi connectivity index (χ2n) is 5.31. The van der Waals surface area contributed by atoms with Crippen LogP contribution in [-0.2, 0) is 4.74 Å². The smallest absolute Gasteiger partial charge is 0.409 e. The topological polar surface area (TPSA) is 50.8 Å². The van der Waals surface area contributed by atoms with E-state index in [0.717, 1.165) is 37.4 Å². The van der Waals surface area contributed by atoms with E-state index in [1.165, 1.54) is 5.56 Å². The molecule has 5 heteroatoms. The van der Waals surface area contributed by atoms with Crippen molar-refractivity contribution >= 4 is 11.8 Å². The van der Waals surface area contributed by atoms with Gasteiger partial charge in [-0.2, -0.15) is 0 Å². The zero-order valence-corrected chi connectivity index (χ0v) is 13.0. The quantitative estimate of drug-likeness (QED) is 0.926. The Bertz CT molecular complexity index is 482. The number of amides is 1. The van der Waals surface area contributed by atoms with Crippen LogP contribution in [0, 0.1) is 6.92 Å². The molecule has 1 aromatic rings. The largest absolute Gasteiger partial charge is 0.495 e. The maximum absolute atomic E-state index is 11.7. The summed E-state index contributed by atoms with van der Waals surface area (Å²) in [5.41, 5.74) is 2.22. The van der Waals surface area contributed by atoms with Gasteiger partial charge in [-0.25, -0.2) is 4.79 Å². The standard InChI is InChI=1S/C16H24N2O3/c1-4-21-16(19)18-9-7-13(8-10-18)17-14-11-12(2)5-6-15(14)20-3/h5-6,11,13,17H,4,7-10H2,1-3H3. The predicted octanol–water partition coefficient (Wildman–Crippen LogP) is 3.04. The summed E-state index contributed by atoms with van der Waals surface area (Å²) in [4.78, 5) is 13.4. The SMILES string of the molecule is CCOC(=O)N1CCC(Nc2cc(C)ccc2OC)CC1. The summed E-state index contributed by atoms with van der Waals surface area (Å²) in [5, 5.41) is 3.53. The maximum Gasteiger partial charge on any atom is 0.409 e. The summed E-state index contributed by atoms with van der Waals surface area (Å²) in [6.07, 6.45) is 1.62. The van der Waals surface area contributed by atoms with Crippen LogP contribution in [0.15, 0.2) is 18.2 Å². The number of carbonyl (C=O) groups excluding carboxylic acids is 1. The van der Waals surface area contributed by atoms with Crippen molar-refractivity contribution in [2.75, 3.05) is 32.1 Å². The van der Waals surface area contributed by atoms with Crippen LogP contribution < -0.4 is 10.1 Å². The third-order valence-electron chi connectivity index (χ3n) is 3.74. The molecule has 0 spiro atoms. The highest BCUT2D eigenvalue weighted by Crippen LogP contribution is 2.27. The number of methoxy groups -OCH3 is 1. The van der Waals surface area contributed by atoms with Gasteiger partial charge < -0.3 is 19.7 Å². The van der Waals surface area contributed by atoms with E-state index in [0.29, 0.717) is 12.6 Å². The van der Waals surface area contributed by atoms with Crippen LogP contribution in [0.4, 0.5) is 10.5 Å². The summed E-state index contributed by atoms with van der Waals surface area (Å²) in [7, 11) is 1.68. The molecule has 5 nitrogen and oxygen atoms in total. The Balaban J connectivity index is 1.92. The van der Waals surface area contributed by atoms with Crippen LogP contribution in [0.5, 0.6) is 5.75 Å². The van der Waals surface area contributed by atoms with Crippen molar-refractivity contribution in [1.29, 1.82) is 0 Å². The second kappa shape index (κ2) is 7.20. The zero-order valence-electron chi connectivity index (χ0n) is 13.0. The summed E-state index contributed by atoms with van der Waals surface area (Å²) in [5.74, 6) is 0.855. The molecule has 0 bridgehead atoms. The number of nitrogens with one attached hydrogen (secondary N) is 1. The monoisotopic (exact) mass is 292 g/mol. The Kier molecular flexibility index (Phi) is 5.31. The molecule has 0 radical (unpaired) electrons. The Labute approximate surface area is 126 Å². The summed E-state index contributed by atoms with van der Waals surface area (Å²) >= 11 is 0. The second-order valence-corrected chi connectivity index (χ2v) is 5.31. The fourth-order valence-electron chi connectivity index (χ4n) is 2.58. The average Bonchev–Trinajstić information content (AvgIpc) is 2.48. The first-order valence-corrected chi connectivity index (χ1v) is 7.47. The normalized spacial score (nSPS) is 15.7. The van der Waals surface area contributed by atoms with Gasteiger partial charge in [-0.05, 0) is 44.4 Å². The van der Waals surface area contributed by atoms with E-state index in [9.17, 15) is 4.79 Å². The molecule has 116 valence electrons. The molecule has 1 fully saturated rings. The van der Waals surface area contributed by atoms with Crippen molar-refractivity contribution in [1.82, 2.24) is 4.90 Å². The van der Waals surface area contributed by atoms with Crippen molar-refractivity contribution in [3.8, 4) is 5.75 Å². The third-order valence-corrected chi connectivity index (χ3v) is 3.74. The molecule has 1 aliphatic rings. The molecular formula is C16H24N2O3. The molecule has 1 amide bonds. The van der Waals surface area contributed by atoms with Gasteiger partial charge in [0.1, 0.15) is 5.75 Å². The molecule has 1 heterocycles. The lowest BCUT2D eigenvalue weighted by atomic mass is 10.0. The molecule has 1 aliphatic heterocycles. The van der Waals surface area contributed by atoms with Crippen LogP contribution in [-0.4, -0.2) is 43.8 Å². The van der Waals surface area contributed by atoms with Gasteiger partial charge >= 0.3 is 6.09 Å². The lowest BCUT2D eigenvalue weighted by Gasteiger charge is -2.32. The summed E-state index contributed by atoms with van der Waals surface area (Å²) < 4.78 is 10.4. The van der Waals surface area contributed by atoms with Crippen molar-refractivity contribution in [3.63, 3.8) is 0 Å². The van der Waals surface area contributed by atoms with Crippen molar-refractivity contribution in [2.45, 2.75) is 32.7 Å². The minimum Gasteiger partial charge on any atom is -0.495 e. The molecule has 0 aliphatic carbocycles. The number of hydrogen-bond acceptors (Lipinski definition) is 4. The lowest BCUT2D eigenvalue weighted by molar-refractivity contribution is 0.0983. The molecule has 1 aromatic carbocycles. The summed E-state index contributed by atoms with van der Waals surface area (Å²) in [6, 6.07) is 6.46. The number of anilines is 1. The number of likely N-dealkylation sites (tertiary alicyclic amines) is 1. The van der Waals surface area contributed by atoms with E-state index in [1.807, 2.05) is 19.1 Å². The first-order chi connectivity index (χ1) is 10.1. The number of hydrogen-bond donors (Lipinski definition) is 1. The van der Waals surface area contributed by atoms with E-state index in [1.54, 1.807) is 12.0 Å². The number of ether oxygens (including phenoxy) is 2. The molecule has 1 N–H and O–H groups in total. The number of carbonyl (C=O) groups is 1. The maximum atomic E-state index is 11.7. The first kappa shape index (κ1) is 15.5. The highest BCUT2D eigenvalue weighted by atomic mass is 16.6. The van der Waals surface area contributed by atoms with Crippen molar-refractivity contribution in [2.24, 2.45) is 0 Å². The molecule has 21 heavy (non-hydrogen) atoms. The minimum absolute atomic E-state index is 0.205. The highest BCUT2D eigenvalue weighted by Gasteiger charge is 2.23. The first-order valence-electron chi connectivity index (χ1n) is 7.47. The third kappa shape index (κ3) is 4.03. The van der Waals surface area contributed by atoms with Gasteiger partial charge in [-0.3, -0.25) is 0 Å². The molecule has 0 unspecified atom stereocenters. The Morgan fingerprint density at radius 2 is 2.10 bits per heavy atom. The van der Waals surface area contributed by atoms with E-state index in [4.69, 9.17) is 9.47 Å². The lowest BCUT2D eigenvalue weighted by Crippen LogP contribution is -2.42. The van der Waals surface area contributed by atoms with Gasteiger partial charge in [-0.15, -0.1) is 0 Å². The molecule has 2 rings (SSSR count). The van der Waals surface area contributed by atoms with Gasteiger partial charge in [0.15, 0.2) is 0 Å². The zero-order chi connectivity index (χ0) is 15.2. The molecule has 0 saturated carbocycles. The van der Waals surface area contributed by atoms with Crippen LogP contribution in [0.2, 0.25) is 0 Å². The number of nitrogens with zero attached hydrogens (tertiary/aromatic N) is 1. The van der Waals surface area contributed by atoms with Gasteiger partial charge in [0.2, 0.25) is 0 Å². The van der Waals surface area contributed by atoms with Crippen LogP contribution in [0.3, 0.4) is 0 Å². The van der Waals surface area contributed by atoms with Gasteiger partial charge in [0, 0.05) is 19.1 Å². The van der Waals surface area contributed by atoms with E-state index in [2.05, 4.69) is 18.3 Å². The number of benzene rings is 1. The average molecular weight is 292 g/mol. The Morgan fingerprint density at radius 3 is 2.71 bits per heavy atom. The fourth-order valence-corrected chi connectivity index (χ4v) is 2.58. The Morgan fingerprint density at radius 1 is 1.38 bits per heavy atom. The van der Waals surface area contributed by atoms with Crippen LogP contribution in [0.25, 0.3) is 0 Å². The van der Waals surface area contributed by atoms with Crippen molar-refractivity contribution < 1.29 is 14.3 Å². The Hall–Kier alpha value is -1.91. The number of rotatable bonds is 4. The van der Waals surface area contributed by atoms with E-state index < -0.39 is 0 Å². The minimum atomic E-state index is -0.205. The van der Waals surface area contributed by atoms with Crippen LogP contribution >= 0.6 is 0 Å². The van der Waals surface area contributed by atoms with Gasteiger partial charge in [-0.1, -0.05) is 6.07 Å². The molecule has 0 aromatic heterocycles. The summed E-state index contributed by atoms with van der Waals surface area (Å²) in [6.45, 7) is 5.77. The van der Waals surface area contributed by atoms with Crippen molar-refractivity contribution in [3.05, 3.63) is 23.8 Å². The van der Waals surface area contributed by atoms with E-state index in [-0.39, 0.29) is 6.09 Å². The van der Waals surface area contributed by atoms with Crippen LogP contribution in [0.1, 0.15) is 25.3 Å². The molecule has 0 atom stereocenters. The predicted molar refractivity (Wildman–Crippen MR) is 83.0 cm³/mol. The molecule has 1 saturated heterocycles. The fraction of sp³-hybridized carbons (Fsp3) is 0.562. The molecular weight excluding hydrogens is 268 g/mol. The highest BCUT2D eigenvalue weighted by molar-refractivity contribution is 5.67. The van der Waals surface area contributed by atoms with E-state index >= 15 is 0 Å². The van der Waals surface area contributed by atoms with Gasteiger partial charge in [0.05, 0.1) is 19.4 Å². The van der Waals surface area contributed by atoms with Gasteiger partial charge in [0.25, 0.3) is 0 Å².